The molecule has 0 saturated carbocycles. The molecule has 0 aromatic heterocycles. The van der Waals surface area contributed by atoms with E-state index in [0.29, 0.717) is 5.92 Å². The second kappa shape index (κ2) is 17.8. The fourth-order valence-corrected chi connectivity index (χ4v) is 4.14. The van der Waals surface area contributed by atoms with E-state index in [1.54, 1.807) is 0 Å². The Balaban J connectivity index is 0.00000242. The third-order valence-corrected chi connectivity index (χ3v) is 6.36. The number of nitrogens with zero attached hydrogens (tertiary/aromatic N) is 1. The van der Waals surface area contributed by atoms with Crippen molar-refractivity contribution in [2.24, 2.45) is 10.7 Å². The monoisotopic (exact) mass is 526 g/mol. The van der Waals surface area contributed by atoms with Crippen molar-refractivity contribution in [3.8, 4) is 5.75 Å². The molecule has 2 aromatic rings. The summed E-state index contributed by atoms with van der Waals surface area (Å²) >= 11 is 0. The van der Waals surface area contributed by atoms with Gasteiger partial charge in [0.15, 0.2) is 0 Å². The summed E-state index contributed by atoms with van der Waals surface area (Å²) in [4.78, 5) is 4.90. The highest BCUT2D eigenvalue weighted by molar-refractivity contribution is 6.01. The Kier molecular flexibility index (Phi) is 15.3. The topological polar surface area (TPSA) is 47.6 Å². The molecule has 2 aromatic carbocycles. The van der Waals surface area contributed by atoms with Crippen LogP contribution in [0.15, 0.2) is 102 Å². The van der Waals surface area contributed by atoms with E-state index in [9.17, 15) is 0 Å². The molecule has 0 spiro atoms. The lowest BCUT2D eigenvalue weighted by Gasteiger charge is -2.20. The zero-order valence-corrected chi connectivity index (χ0v) is 25.6. The van der Waals surface area contributed by atoms with Crippen LogP contribution in [0, 0.1) is 6.92 Å². The lowest BCUT2D eigenvalue weighted by molar-refractivity contribution is 0.240. The molecule has 210 valence electrons. The molecule has 0 bridgehead atoms. The molecule has 39 heavy (non-hydrogen) atoms. The first-order valence-electron chi connectivity index (χ1n) is 13.9. The van der Waals surface area contributed by atoms with Gasteiger partial charge in [-0.3, -0.25) is 4.99 Å². The Morgan fingerprint density at radius 3 is 2.21 bits per heavy atom. The fraction of sp³-hybridized carbons (Fsp3) is 0.361. The summed E-state index contributed by atoms with van der Waals surface area (Å²) in [7, 11) is 0. The van der Waals surface area contributed by atoms with Crippen LogP contribution in [0.1, 0.15) is 89.5 Å². The normalized spacial score (nSPS) is 13.2. The van der Waals surface area contributed by atoms with E-state index in [1.807, 2.05) is 19.9 Å². The second-order valence-corrected chi connectivity index (χ2v) is 10.3. The molecule has 0 aliphatic carbocycles. The van der Waals surface area contributed by atoms with Crippen molar-refractivity contribution >= 4 is 11.4 Å². The summed E-state index contributed by atoms with van der Waals surface area (Å²) in [5.41, 5.74) is 14.1. The molecule has 1 atom stereocenters. The van der Waals surface area contributed by atoms with Crippen LogP contribution in [-0.4, -0.2) is 11.8 Å². The van der Waals surface area contributed by atoms with E-state index in [-0.39, 0.29) is 6.10 Å². The maximum Gasteiger partial charge on any atom is 0.122 e. The van der Waals surface area contributed by atoms with E-state index in [2.05, 4.69) is 121 Å². The van der Waals surface area contributed by atoms with Crippen LogP contribution in [0.4, 0.5) is 0 Å². The summed E-state index contributed by atoms with van der Waals surface area (Å²) in [5, 5.41) is 0. The molecule has 1 unspecified atom stereocenters. The Bertz CT molecular complexity index is 1180. The largest absolute Gasteiger partial charge is 0.491 e. The summed E-state index contributed by atoms with van der Waals surface area (Å²) in [5.74, 6) is 1.41. The first-order chi connectivity index (χ1) is 18.6. The minimum Gasteiger partial charge on any atom is -0.491 e. The average Bonchev–Trinajstić information content (AvgIpc) is 2.89. The highest BCUT2D eigenvalue weighted by atomic mass is 16.5. The molecule has 2 N–H and O–H groups in total. The lowest BCUT2D eigenvalue weighted by Crippen LogP contribution is -2.08. The first-order valence-corrected chi connectivity index (χ1v) is 13.9. The minimum atomic E-state index is 0.176. The Hall–Kier alpha value is -3.59. The Morgan fingerprint density at radius 2 is 1.69 bits per heavy atom. The predicted molar refractivity (Wildman–Crippen MR) is 174 cm³/mol. The zero-order valence-electron chi connectivity index (χ0n) is 25.6. The van der Waals surface area contributed by atoms with Crippen LogP contribution in [0.2, 0.25) is 0 Å². The molecular weight excluding hydrogens is 476 g/mol. The Labute approximate surface area is 238 Å². The smallest absolute Gasteiger partial charge is 0.122 e. The number of hydrogen-bond acceptors (Lipinski definition) is 3. The summed E-state index contributed by atoms with van der Waals surface area (Å²) in [6, 6.07) is 15.6. The predicted octanol–water partition coefficient (Wildman–Crippen LogP) is 9.90. The van der Waals surface area contributed by atoms with Gasteiger partial charge >= 0.3 is 0 Å². The molecule has 0 heterocycles. The van der Waals surface area contributed by atoms with Crippen LogP contribution in [0.3, 0.4) is 0 Å². The minimum absolute atomic E-state index is 0.176. The van der Waals surface area contributed by atoms with Crippen molar-refractivity contribution in [3.05, 3.63) is 120 Å². The standard InChI is InChI=1S/C34H45NO.C2H5N/c1-10-12-13-26(7)28(9)35-33(11-2)30-18-15-29(16-19-30)23-32(17-14-24(3)4)31-20-21-34(27(8)22-31)36-25(5)6;1-2-3/h10-13,15-16,18-22,25,32H,3,14,17,23H2,1-2,4-9H3;2H,1,3H2/b12-10-,26-13-,33-11-,35-28+;. The number of aryl methyl sites for hydroxylation is 1. The summed E-state index contributed by atoms with van der Waals surface area (Å²) in [6.07, 6.45) is 12.8. The van der Waals surface area contributed by atoms with Crippen LogP contribution in [0.5, 0.6) is 5.75 Å². The molecule has 2 rings (SSSR count). The van der Waals surface area contributed by atoms with Gasteiger partial charge in [0.1, 0.15) is 5.75 Å². The fourth-order valence-electron chi connectivity index (χ4n) is 4.14. The molecule has 0 saturated heterocycles. The highest BCUT2D eigenvalue weighted by Crippen LogP contribution is 2.31. The molecule has 0 radical (unpaired) electrons. The van der Waals surface area contributed by atoms with Crippen LogP contribution < -0.4 is 10.5 Å². The van der Waals surface area contributed by atoms with Crippen molar-refractivity contribution in [3.63, 3.8) is 0 Å². The number of allylic oxidation sites excluding steroid dienone is 6. The molecule has 0 aliphatic heterocycles. The van der Waals surface area contributed by atoms with E-state index in [0.717, 1.165) is 42.0 Å². The van der Waals surface area contributed by atoms with Gasteiger partial charge in [-0.1, -0.05) is 72.9 Å². The molecule has 0 fully saturated rings. The lowest BCUT2D eigenvalue weighted by atomic mass is 9.86. The number of aliphatic imine (C=N–C) groups is 1. The van der Waals surface area contributed by atoms with Crippen LogP contribution in [0.25, 0.3) is 5.70 Å². The van der Waals surface area contributed by atoms with Crippen molar-refractivity contribution in [2.75, 3.05) is 0 Å². The molecule has 3 nitrogen and oxygen atoms in total. The molecule has 0 aliphatic rings. The third kappa shape index (κ3) is 12.2. The van der Waals surface area contributed by atoms with Crippen LogP contribution >= 0.6 is 0 Å². The number of rotatable bonds is 12. The number of nitrogens with two attached hydrogens (primary N) is 1. The SMILES string of the molecule is C=C(C)CCC(Cc1ccc(C(=C/C)/N=C(C)/C(C)=C\C=C/C)cc1)c1ccc(OC(C)C)c(C)c1.C=CN. The van der Waals surface area contributed by atoms with E-state index in [4.69, 9.17) is 9.73 Å². The van der Waals surface area contributed by atoms with Gasteiger partial charge < -0.3 is 10.5 Å². The summed E-state index contributed by atoms with van der Waals surface area (Å²) in [6.45, 7) is 23.9. The molecular formula is C36H50N2O. The maximum absolute atomic E-state index is 5.97. The number of benzene rings is 2. The van der Waals surface area contributed by atoms with Gasteiger partial charge in [-0.15, -0.1) is 6.58 Å². The van der Waals surface area contributed by atoms with Crippen molar-refractivity contribution in [1.29, 1.82) is 0 Å². The molecule has 0 amide bonds. The number of hydrogen-bond donors (Lipinski definition) is 1. The third-order valence-electron chi connectivity index (χ3n) is 6.36. The second-order valence-electron chi connectivity index (χ2n) is 10.3. The van der Waals surface area contributed by atoms with Crippen LogP contribution in [-0.2, 0) is 6.42 Å². The van der Waals surface area contributed by atoms with Gasteiger partial charge in [0.25, 0.3) is 0 Å². The van der Waals surface area contributed by atoms with Crippen molar-refractivity contribution in [1.82, 2.24) is 0 Å². The van der Waals surface area contributed by atoms with Gasteiger partial charge in [-0.2, -0.15) is 0 Å². The number of ether oxygens (including phenoxy) is 1. The average molecular weight is 527 g/mol. The first kappa shape index (κ1) is 33.4. The quantitative estimate of drug-likeness (QED) is 0.170. The van der Waals surface area contributed by atoms with E-state index < -0.39 is 0 Å². The van der Waals surface area contributed by atoms with E-state index >= 15 is 0 Å². The van der Waals surface area contributed by atoms with Crippen molar-refractivity contribution in [2.45, 2.75) is 86.7 Å². The zero-order chi connectivity index (χ0) is 29.4. The van der Waals surface area contributed by atoms with Crippen molar-refractivity contribution < 1.29 is 4.74 Å². The van der Waals surface area contributed by atoms with Gasteiger partial charge in [0.05, 0.1) is 11.8 Å². The van der Waals surface area contributed by atoms with E-state index in [1.165, 1.54) is 34.0 Å². The van der Waals surface area contributed by atoms with Gasteiger partial charge in [0.2, 0.25) is 0 Å². The maximum atomic E-state index is 5.97. The van der Waals surface area contributed by atoms with Gasteiger partial charge in [-0.25, -0.2) is 0 Å². The Morgan fingerprint density at radius 1 is 1.05 bits per heavy atom. The summed E-state index contributed by atoms with van der Waals surface area (Å²) < 4.78 is 5.97. The van der Waals surface area contributed by atoms with Gasteiger partial charge in [-0.05, 0) is 121 Å². The molecule has 3 heteroatoms. The van der Waals surface area contributed by atoms with Gasteiger partial charge in [0, 0.05) is 5.71 Å². The highest BCUT2D eigenvalue weighted by Gasteiger charge is 2.15.